The maximum Gasteiger partial charge on any atom is 0.0909 e. The fourth-order valence-corrected chi connectivity index (χ4v) is 1.99. The molecule has 0 saturated heterocycles. The number of hydrogen-bond acceptors (Lipinski definition) is 2. The van der Waals surface area contributed by atoms with Crippen LogP contribution in [0.2, 0.25) is 0 Å². The van der Waals surface area contributed by atoms with Crippen molar-refractivity contribution in [2.45, 2.75) is 34.2 Å². The predicted octanol–water partition coefficient (Wildman–Crippen LogP) is 4.55. The molecule has 0 atom stereocenters. The number of benzene rings is 1. The smallest absolute Gasteiger partial charge is 0.0909 e. The van der Waals surface area contributed by atoms with Crippen molar-refractivity contribution in [2.75, 3.05) is 20.1 Å². The monoisotopic (exact) mass is 325 g/mol. The van der Waals surface area contributed by atoms with Crippen LogP contribution in [-0.4, -0.2) is 31.4 Å². The Labute approximate surface area is 147 Å². The van der Waals surface area contributed by atoms with Gasteiger partial charge in [-0.1, -0.05) is 48.1 Å². The summed E-state index contributed by atoms with van der Waals surface area (Å²) in [5.74, 6) is 0. The lowest BCUT2D eigenvalue weighted by Gasteiger charge is -2.09. The molecule has 0 bridgehead atoms. The van der Waals surface area contributed by atoms with Gasteiger partial charge in [0.05, 0.1) is 12.0 Å². The first-order valence-corrected chi connectivity index (χ1v) is 8.54. The van der Waals surface area contributed by atoms with Crippen molar-refractivity contribution in [1.82, 2.24) is 10.2 Å². The standard InChI is InChI=1S/C21H31N3/c1-6-24(5)17-23-21(15-18(2)3)19(4)11-10-14-22-16-20-12-8-7-9-13-20/h7-13,15,17,22H,6,14,16H2,1-5H3/b11-10+,21-19+,23-17?. The normalized spacial score (nSPS) is 12.5. The minimum Gasteiger partial charge on any atom is -0.366 e. The van der Waals surface area contributed by atoms with E-state index in [1.54, 1.807) is 0 Å². The summed E-state index contributed by atoms with van der Waals surface area (Å²) in [5, 5.41) is 3.42. The summed E-state index contributed by atoms with van der Waals surface area (Å²) in [6.07, 6.45) is 8.29. The second-order valence-electron chi connectivity index (χ2n) is 6.13. The Morgan fingerprint density at radius 1 is 1.17 bits per heavy atom. The van der Waals surface area contributed by atoms with Crippen molar-refractivity contribution < 1.29 is 0 Å². The maximum absolute atomic E-state index is 4.61. The summed E-state index contributed by atoms with van der Waals surface area (Å²) in [5.41, 5.74) is 4.72. The van der Waals surface area contributed by atoms with Gasteiger partial charge in [-0.05, 0) is 44.9 Å². The molecule has 0 aromatic heterocycles. The Balaban J connectivity index is 2.63. The third kappa shape index (κ3) is 8.49. The fraction of sp³-hybridized carbons (Fsp3) is 0.381. The van der Waals surface area contributed by atoms with Gasteiger partial charge < -0.3 is 10.2 Å². The number of allylic oxidation sites excluding steroid dienone is 4. The van der Waals surface area contributed by atoms with Crippen LogP contribution < -0.4 is 5.32 Å². The Kier molecular flexibility index (Phi) is 9.47. The fourth-order valence-electron chi connectivity index (χ4n) is 1.99. The van der Waals surface area contributed by atoms with E-state index in [4.69, 9.17) is 0 Å². The molecule has 24 heavy (non-hydrogen) atoms. The molecule has 0 unspecified atom stereocenters. The quantitative estimate of drug-likeness (QED) is 0.312. The summed E-state index contributed by atoms with van der Waals surface area (Å²) >= 11 is 0. The molecule has 3 nitrogen and oxygen atoms in total. The zero-order valence-electron chi connectivity index (χ0n) is 15.7. The first kappa shape index (κ1) is 19.9. The highest BCUT2D eigenvalue weighted by Crippen LogP contribution is 2.11. The van der Waals surface area contributed by atoms with Crippen LogP contribution in [0.4, 0.5) is 0 Å². The molecule has 0 heterocycles. The molecular weight excluding hydrogens is 294 g/mol. The number of aliphatic imine (C=N–C) groups is 1. The summed E-state index contributed by atoms with van der Waals surface area (Å²) in [6, 6.07) is 10.4. The van der Waals surface area contributed by atoms with Gasteiger partial charge in [0.1, 0.15) is 0 Å². The van der Waals surface area contributed by atoms with Crippen LogP contribution >= 0.6 is 0 Å². The van der Waals surface area contributed by atoms with E-state index in [0.29, 0.717) is 0 Å². The highest BCUT2D eigenvalue weighted by molar-refractivity contribution is 5.58. The number of rotatable bonds is 9. The molecule has 0 aliphatic carbocycles. The van der Waals surface area contributed by atoms with Crippen LogP contribution in [0.5, 0.6) is 0 Å². The van der Waals surface area contributed by atoms with E-state index < -0.39 is 0 Å². The second kappa shape index (κ2) is 11.4. The Hall–Kier alpha value is -2.13. The van der Waals surface area contributed by atoms with E-state index in [1.165, 1.54) is 16.7 Å². The van der Waals surface area contributed by atoms with Crippen LogP contribution in [0.15, 0.2) is 70.4 Å². The zero-order valence-corrected chi connectivity index (χ0v) is 15.7. The van der Waals surface area contributed by atoms with Crippen LogP contribution in [0, 0.1) is 0 Å². The lowest BCUT2D eigenvalue weighted by atomic mass is 10.1. The number of nitrogens with zero attached hydrogens (tertiary/aromatic N) is 2. The van der Waals surface area contributed by atoms with Gasteiger partial charge in [0.2, 0.25) is 0 Å². The highest BCUT2D eigenvalue weighted by atomic mass is 15.1. The van der Waals surface area contributed by atoms with E-state index >= 15 is 0 Å². The van der Waals surface area contributed by atoms with Crippen LogP contribution in [0.3, 0.4) is 0 Å². The number of hydrogen-bond donors (Lipinski definition) is 1. The Bertz CT molecular complexity index is 591. The van der Waals surface area contributed by atoms with Crippen molar-refractivity contribution in [2.24, 2.45) is 4.99 Å². The third-order valence-electron chi connectivity index (χ3n) is 3.52. The van der Waals surface area contributed by atoms with Crippen molar-refractivity contribution in [3.63, 3.8) is 0 Å². The summed E-state index contributed by atoms with van der Waals surface area (Å²) in [6.45, 7) is 11.1. The Morgan fingerprint density at radius 3 is 2.50 bits per heavy atom. The molecule has 0 fully saturated rings. The molecule has 0 radical (unpaired) electrons. The number of nitrogens with one attached hydrogen (secondary N) is 1. The first-order valence-electron chi connectivity index (χ1n) is 8.54. The van der Waals surface area contributed by atoms with Crippen molar-refractivity contribution >= 4 is 6.34 Å². The summed E-state index contributed by atoms with van der Waals surface area (Å²) in [7, 11) is 2.03. The maximum atomic E-state index is 4.61. The molecule has 1 aromatic carbocycles. The summed E-state index contributed by atoms with van der Waals surface area (Å²) in [4.78, 5) is 6.68. The van der Waals surface area contributed by atoms with Gasteiger partial charge in [-0.15, -0.1) is 0 Å². The second-order valence-corrected chi connectivity index (χ2v) is 6.13. The molecule has 0 spiro atoms. The van der Waals surface area contributed by atoms with Crippen LogP contribution in [0.1, 0.15) is 33.3 Å². The van der Waals surface area contributed by atoms with Gasteiger partial charge in [0, 0.05) is 26.7 Å². The van der Waals surface area contributed by atoms with Crippen LogP contribution in [0.25, 0.3) is 0 Å². The van der Waals surface area contributed by atoms with Gasteiger partial charge in [-0.2, -0.15) is 0 Å². The zero-order chi connectivity index (χ0) is 17.8. The molecule has 1 aromatic rings. The van der Waals surface area contributed by atoms with E-state index in [2.05, 4.69) is 85.4 Å². The first-order chi connectivity index (χ1) is 11.5. The Morgan fingerprint density at radius 2 is 1.88 bits per heavy atom. The minimum atomic E-state index is 0.840. The van der Waals surface area contributed by atoms with Gasteiger partial charge in [0.25, 0.3) is 0 Å². The molecule has 1 N–H and O–H groups in total. The molecule has 0 saturated carbocycles. The topological polar surface area (TPSA) is 27.6 Å². The molecular formula is C21H31N3. The molecule has 0 aliphatic rings. The van der Waals surface area contributed by atoms with Gasteiger partial charge >= 0.3 is 0 Å². The lowest BCUT2D eigenvalue weighted by Crippen LogP contribution is -2.14. The minimum absolute atomic E-state index is 0.840. The molecule has 3 heteroatoms. The van der Waals surface area contributed by atoms with E-state index in [0.717, 1.165) is 25.3 Å². The van der Waals surface area contributed by atoms with Crippen molar-refractivity contribution in [1.29, 1.82) is 0 Å². The van der Waals surface area contributed by atoms with E-state index in [1.807, 2.05) is 19.5 Å². The third-order valence-corrected chi connectivity index (χ3v) is 3.52. The molecule has 130 valence electrons. The van der Waals surface area contributed by atoms with Gasteiger partial charge in [0.15, 0.2) is 0 Å². The van der Waals surface area contributed by atoms with E-state index in [9.17, 15) is 0 Å². The molecule has 1 rings (SSSR count). The molecule has 0 amide bonds. The largest absolute Gasteiger partial charge is 0.366 e. The highest BCUT2D eigenvalue weighted by Gasteiger charge is 1.96. The lowest BCUT2D eigenvalue weighted by molar-refractivity contribution is 0.551. The van der Waals surface area contributed by atoms with Crippen molar-refractivity contribution in [3.8, 4) is 0 Å². The van der Waals surface area contributed by atoms with Crippen molar-refractivity contribution in [3.05, 3.63) is 71.0 Å². The van der Waals surface area contributed by atoms with Gasteiger partial charge in [-0.3, -0.25) is 0 Å². The van der Waals surface area contributed by atoms with E-state index in [-0.39, 0.29) is 0 Å². The average Bonchev–Trinajstić information content (AvgIpc) is 2.58. The summed E-state index contributed by atoms with van der Waals surface area (Å²) < 4.78 is 0. The SMILES string of the molecule is CCN(C)C=N/C(C=C(C)C)=C(C)/C=C/CNCc1ccccc1. The average molecular weight is 326 g/mol. The van der Waals surface area contributed by atoms with Gasteiger partial charge in [-0.25, -0.2) is 4.99 Å². The predicted molar refractivity (Wildman–Crippen MR) is 106 cm³/mol. The van der Waals surface area contributed by atoms with Crippen LogP contribution in [-0.2, 0) is 6.54 Å². The molecule has 0 aliphatic heterocycles.